The summed E-state index contributed by atoms with van der Waals surface area (Å²) in [5.74, 6) is -1.67. The van der Waals surface area contributed by atoms with Crippen molar-refractivity contribution in [1.29, 1.82) is 0 Å². The second-order valence-corrected chi connectivity index (χ2v) is 6.53. The Morgan fingerprint density at radius 1 is 1.07 bits per heavy atom. The maximum absolute atomic E-state index is 12.7. The van der Waals surface area contributed by atoms with Crippen molar-refractivity contribution >= 4 is 34.9 Å². The molecule has 1 saturated heterocycles. The molecule has 1 aliphatic rings. The minimum Gasteiger partial charge on any atom is -0.465 e. The molecule has 1 heterocycles. The highest BCUT2D eigenvalue weighted by molar-refractivity contribution is 6.06. The fourth-order valence-corrected chi connectivity index (χ4v) is 3.12. The molecule has 1 N–H and O–H groups in total. The quantitative estimate of drug-likeness (QED) is 0.636. The maximum atomic E-state index is 12.7. The van der Waals surface area contributed by atoms with Gasteiger partial charge in [0.05, 0.1) is 24.3 Å². The topological polar surface area (TPSA) is 92.8 Å². The van der Waals surface area contributed by atoms with E-state index in [1.54, 1.807) is 48.5 Å². The van der Waals surface area contributed by atoms with Crippen LogP contribution in [0.1, 0.15) is 34.1 Å². The minimum absolute atomic E-state index is 0.0548. The van der Waals surface area contributed by atoms with Crippen LogP contribution in [0.4, 0.5) is 11.4 Å². The van der Waals surface area contributed by atoms with Gasteiger partial charge in [0.2, 0.25) is 11.8 Å². The minimum atomic E-state index is -0.550. The molecule has 0 spiro atoms. The first-order valence-corrected chi connectivity index (χ1v) is 8.80. The van der Waals surface area contributed by atoms with Crippen molar-refractivity contribution < 1.29 is 23.9 Å². The number of carbonyl (C=O) groups excluding carboxylic acids is 4. The molecule has 0 radical (unpaired) electrons. The molecule has 3 rings (SSSR count). The van der Waals surface area contributed by atoms with Crippen LogP contribution in [-0.4, -0.2) is 37.2 Å². The summed E-state index contributed by atoms with van der Waals surface area (Å²) in [5, 5.41) is 2.72. The highest BCUT2D eigenvalue weighted by atomic mass is 16.5. The Morgan fingerprint density at radius 3 is 2.39 bits per heavy atom. The number of hydrogen-bond donors (Lipinski definition) is 1. The standard InChI is InChI=1S/C21H20N2O5/c1-13(24)14-7-9-16(10-8-14)23-12-15(11-19(23)25)20(26)22-18-6-4-3-5-17(18)21(27)28-2/h3-10,15H,11-12H2,1-2H3,(H,22,26). The van der Waals surface area contributed by atoms with Gasteiger partial charge in [-0.15, -0.1) is 0 Å². The fraction of sp³-hybridized carbons (Fsp3) is 0.238. The highest BCUT2D eigenvalue weighted by Crippen LogP contribution is 2.27. The lowest BCUT2D eigenvalue weighted by Crippen LogP contribution is -2.28. The summed E-state index contributed by atoms with van der Waals surface area (Å²) in [7, 11) is 1.27. The molecule has 1 atom stereocenters. The van der Waals surface area contributed by atoms with Gasteiger partial charge in [-0.05, 0) is 43.3 Å². The van der Waals surface area contributed by atoms with Crippen molar-refractivity contribution in [2.75, 3.05) is 23.9 Å². The number of ether oxygens (including phenoxy) is 1. The van der Waals surface area contributed by atoms with Gasteiger partial charge in [0.25, 0.3) is 0 Å². The van der Waals surface area contributed by atoms with E-state index in [1.807, 2.05) is 0 Å². The first kappa shape index (κ1) is 19.3. The zero-order valence-corrected chi connectivity index (χ0v) is 15.6. The second-order valence-electron chi connectivity index (χ2n) is 6.53. The maximum Gasteiger partial charge on any atom is 0.339 e. The van der Waals surface area contributed by atoms with Gasteiger partial charge in [-0.2, -0.15) is 0 Å². The average molecular weight is 380 g/mol. The molecule has 2 amide bonds. The molecule has 2 aromatic carbocycles. The van der Waals surface area contributed by atoms with Crippen LogP contribution >= 0.6 is 0 Å². The zero-order valence-electron chi connectivity index (χ0n) is 15.6. The number of ketones is 1. The van der Waals surface area contributed by atoms with Crippen LogP contribution < -0.4 is 10.2 Å². The normalized spacial score (nSPS) is 16.0. The van der Waals surface area contributed by atoms with Crippen LogP contribution in [0, 0.1) is 5.92 Å². The molecule has 7 heteroatoms. The number of Topliss-reactive ketones (excluding diaryl/α,β-unsaturated/α-hetero) is 1. The van der Waals surface area contributed by atoms with Gasteiger partial charge in [-0.3, -0.25) is 14.4 Å². The van der Waals surface area contributed by atoms with Crippen molar-refractivity contribution in [2.24, 2.45) is 5.92 Å². The van der Waals surface area contributed by atoms with E-state index in [1.165, 1.54) is 18.9 Å². The molecule has 2 aromatic rings. The molecule has 0 aromatic heterocycles. The lowest BCUT2D eigenvalue weighted by atomic mass is 10.1. The van der Waals surface area contributed by atoms with Gasteiger partial charge >= 0.3 is 5.97 Å². The van der Waals surface area contributed by atoms with Crippen molar-refractivity contribution in [3.05, 3.63) is 59.7 Å². The van der Waals surface area contributed by atoms with Gasteiger partial charge in [0.1, 0.15) is 0 Å². The lowest BCUT2D eigenvalue weighted by molar-refractivity contribution is -0.122. The molecule has 1 aliphatic heterocycles. The van der Waals surface area contributed by atoms with Gasteiger partial charge in [0, 0.05) is 24.2 Å². The number of carbonyl (C=O) groups is 4. The zero-order chi connectivity index (χ0) is 20.3. The Balaban J connectivity index is 1.72. The predicted molar refractivity (Wildman–Crippen MR) is 103 cm³/mol. The smallest absolute Gasteiger partial charge is 0.339 e. The Labute approximate surface area is 162 Å². The molecule has 1 fully saturated rings. The Kier molecular flexibility index (Phi) is 5.54. The summed E-state index contributed by atoms with van der Waals surface area (Å²) in [6.45, 7) is 1.70. The van der Waals surface area contributed by atoms with E-state index in [0.717, 1.165) is 0 Å². The summed E-state index contributed by atoms with van der Waals surface area (Å²) in [5.41, 5.74) is 1.79. The summed E-state index contributed by atoms with van der Waals surface area (Å²) >= 11 is 0. The molecule has 0 saturated carbocycles. The van der Waals surface area contributed by atoms with Gasteiger partial charge < -0.3 is 15.0 Å². The van der Waals surface area contributed by atoms with Gasteiger partial charge in [-0.25, -0.2) is 4.79 Å². The number of amides is 2. The highest BCUT2D eigenvalue weighted by Gasteiger charge is 2.35. The van der Waals surface area contributed by atoms with Crippen LogP contribution in [-0.2, 0) is 14.3 Å². The van der Waals surface area contributed by atoms with Gasteiger partial charge in [-0.1, -0.05) is 12.1 Å². The van der Waals surface area contributed by atoms with Crippen LogP contribution in [0.5, 0.6) is 0 Å². The number of nitrogens with zero attached hydrogens (tertiary/aromatic N) is 1. The third-order valence-corrected chi connectivity index (χ3v) is 4.67. The summed E-state index contributed by atoms with van der Waals surface area (Å²) in [4.78, 5) is 49.8. The number of benzene rings is 2. The molecule has 0 bridgehead atoms. The lowest BCUT2D eigenvalue weighted by Gasteiger charge is -2.17. The summed E-state index contributed by atoms with van der Waals surface area (Å²) < 4.78 is 4.73. The largest absolute Gasteiger partial charge is 0.465 e. The Morgan fingerprint density at radius 2 is 1.75 bits per heavy atom. The number of nitrogens with one attached hydrogen (secondary N) is 1. The predicted octanol–water partition coefficient (Wildman–Crippen LogP) is 2.67. The average Bonchev–Trinajstić information content (AvgIpc) is 3.09. The molecular weight excluding hydrogens is 360 g/mol. The van der Waals surface area contributed by atoms with E-state index in [2.05, 4.69) is 5.32 Å². The van der Waals surface area contributed by atoms with E-state index in [9.17, 15) is 19.2 Å². The fourth-order valence-electron chi connectivity index (χ4n) is 3.12. The van der Waals surface area contributed by atoms with Crippen LogP contribution in [0.15, 0.2) is 48.5 Å². The van der Waals surface area contributed by atoms with Crippen LogP contribution in [0.3, 0.4) is 0 Å². The molecule has 28 heavy (non-hydrogen) atoms. The number of para-hydroxylation sites is 1. The second kappa shape index (κ2) is 8.04. The van der Waals surface area contributed by atoms with Gasteiger partial charge in [0.15, 0.2) is 5.78 Å². The summed E-state index contributed by atoms with van der Waals surface area (Å²) in [6.07, 6.45) is 0.0701. The monoisotopic (exact) mass is 380 g/mol. The van der Waals surface area contributed by atoms with Crippen LogP contribution in [0.25, 0.3) is 0 Å². The molecule has 7 nitrogen and oxygen atoms in total. The van der Waals surface area contributed by atoms with E-state index in [0.29, 0.717) is 16.9 Å². The van der Waals surface area contributed by atoms with Crippen molar-refractivity contribution in [2.45, 2.75) is 13.3 Å². The number of hydrogen-bond acceptors (Lipinski definition) is 5. The van der Waals surface area contributed by atoms with Crippen LogP contribution in [0.2, 0.25) is 0 Å². The Bertz CT molecular complexity index is 936. The van der Waals surface area contributed by atoms with E-state index in [-0.39, 0.29) is 36.1 Å². The molecule has 0 aliphatic carbocycles. The summed E-state index contributed by atoms with van der Waals surface area (Å²) in [6, 6.07) is 13.3. The van der Waals surface area contributed by atoms with Crippen molar-refractivity contribution in [1.82, 2.24) is 0 Å². The number of methoxy groups -OCH3 is 1. The van der Waals surface area contributed by atoms with E-state index < -0.39 is 11.9 Å². The molecule has 144 valence electrons. The van der Waals surface area contributed by atoms with E-state index in [4.69, 9.17) is 4.74 Å². The number of esters is 1. The Hall–Kier alpha value is -3.48. The first-order valence-electron chi connectivity index (χ1n) is 8.80. The van der Waals surface area contributed by atoms with Crippen molar-refractivity contribution in [3.8, 4) is 0 Å². The third-order valence-electron chi connectivity index (χ3n) is 4.67. The molecular formula is C21H20N2O5. The number of anilines is 2. The molecule has 1 unspecified atom stereocenters. The number of rotatable bonds is 5. The van der Waals surface area contributed by atoms with Crippen molar-refractivity contribution in [3.63, 3.8) is 0 Å². The SMILES string of the molecule is COC(=O)c1ccccc1NC(=O)C1CC(=O)N(c2ccc(C(C)=O)cc2)C1. The first-order chi connectivity index (χ1) is 13.4. The third kappa shape index (κ3) is 3.93. The van der Waals surface area contributed by atoms with E-state index >= 15 is 0 Å².